The van der Waals surface area contributed by atoms with Crippen molar-refractivity contribution in [3.05, 3.63) is 0 Å². The van der Waals surface area contributed by atoms with E-state index in [1.807, 2.05) is 6.92 Å². The van der Waals surface area contributed by atoms with Crippen LogP contribution in [0.1, 0.15) is 33.6 Å². The molecule has 1 aliphatic heterocycles. The van der Waals surface area contributed by atoms with E-state index in [1.165, 1.54) is 0 Å². The van der Waals surface area contributed by atoms with E-state index < -0.39 is 0 Å². The van der Waals surface area contributed by atoms with Gasteiger partial charge in [0.25, 0.3) is 0 Å². The molecule has 1 aromatic heterocycles. The summed E-state index contributed by atoms with van der Waals surface area (Å²) in [7, 11) is 0. The molecule has 2 rings (SSSR count). The van der Waals surface area contributed by atoms with Gasteiger partial charge >= 0.3 is 6.01 Å². The van der Waals surface area contributed by atoms with Crippen molar-refractivity contribution in [1.82, 2.24) is 15.0 Å². The highest BCUT2D eigenvalue weighted by Gasteiger charge is 2.26. The molecule has 1 aliphatic rings. The van der Waals surface area contributed by atoms with Gasteiger partial charge in [-0.1, -0.05) is 18.7 Å². The Morgan fingerprint density at radius 2 is 2.20 bits per heavy atom. The highest BCUT2D eigenvalue weighted by Crippen LogP contribution is 2.31. The van der Waals surface area contributed by atoms with Crippen LogP contribution in [-0.4, -0.2) is 46.1 Å². The van der Waals surface area contributed by atoms with E-state index in [2.05, 4.69) is 34.1 Å². The van der Waals surface area contributed by atoms with Gasteiger partial charge in [-0.15, -0.1) is 0 Å². The number of anilines is 1. The van der Waals surface area contributed by atoms with Crippen LogP contribution in [0.3, 0.4) is 0 Å². The minimum Gasteiger partial charge on any atom is -0.464 e. The zero-order valence-corrected chi connectivity index (χ0v) is 13.1. The molecule has 0 bridgehead atoms. The normalized spacial score (nSPS) is 21.9. The van der Waals surface area contributed by atoms with Crippen LogP contribution in [0.25, 0.3) is 0 Å². The van der Waals surface area contributed by atoms with Crippen LogP contribution in [-0.2, 0) is 4.74 Å². The highest BCUT2D eigenvalue weighted by molar-refractivity contribution is 7.99. The van der Waals surface area contributed by atoms with Crippen LogP contribution in [0.4, 0.5) is 5.95 Å². The fraction of sp³-hybridized carbons (Fsp3) is 0.769. The molecule has 2 heterocycles. The van der Waals surface area contributed by atoms with E-state index in [-0.39, 0.29) is 6.10 Å². The molecule has 0 saturated carbocycles. The third-order valence-electron chi connectivity index (χ3n) is 2.96. The van der Waals surface area contributed by atoms with Crippen molar-refractivity contribution in [3.63, 3.8) is 0 Å². The number of nitrogens with one attached hydrogen (secondary N) is 1. The molecule has 112 valence electrons. The SMILES string of the molecule is CCCNc1nc(OCC)nc(SC2CCOC2C)n1. The van der Waals surface area contributed by atoms with E-state index >= 15 is 0 Å². The van der Waals surface area contributed by atoms with E-state index in [1.54, 1.807) is 11.8 Å². The summed E-state index contributed by atoms with van der Waals surface area (Å²) in [6.45, 7) is 8.30. The first-order valence-electron chi connectivity index (χ1n) is 7.14. The molecular weight excluding hydrogens is 276 g/mol. The van der Waals surface area contributed by atoms with E-state index in [9.17, 15) is 0 Å². The monoisotopic (exact) mass is 298 g/mol. The number of hydrogen-bond acceptors (Lipinski definition) is 7. The van der Waals surface area contributed by atoms with Gasteiger partial charge in [-0.25, -0.2) is 0 Å². The van der Waals surface area contributed by atoms with Gasteiger partial charge in [-0.2, -0.15) is 15.0 Å². The number of rotatable bonds is 7. The molecule has 0 spiro atoms. The molecule has 20 heavy (non-hydrogen) atoms. The molecule has 1 fully saturated rings. The average Bonchev–Trinajstić information content (AvgIpc) is 2.82. The van der Waals surface area contributed by atoms with Gasteiger partial charge in [0.05, 0.1) is 12.7 Å². The fourth-order valence-corrected chi connectivity index (χ4v) is 2.93. The van der Waals surface area contributed by atoms with Crippen molar-refractivity contribution in [2.45, 2.75) is 50.1 Å². The molecule has 2 atom stereocenters. The number of ether oxygens (including phenoxy) is 2. The van der Waals surface area contributed by atoms with E-state index in [0.29, 0.717) is 29.0 Å². The summed E-state index contributed by atoms with van der Waals surface area (Å²) in [4.78, 5) is 13.1. The molecule has 7 heteroatoms. The lowest BCUT2D eigenvalue weighted by Crippen LogP contribution is -2.15. The van der Waals surface area contributed by atoms with Gasteiger partial charge in [0, 0.05) is 18.4 Å². The first kappa shape index (κ1) is 15.3. The smallest absolute Gasteiger partial charge is 0.322 e. The predicted octanol–water partition coefficient (Wildman–Crippen LogP) is 2.36. The van der Waals surface area contributed by atoms with Crippen molar-refractivity contribution in [2.75, 3.05) is 25.1 Å². The van der Waals surface area contributed by atoms with Gasteiger partial charge in [0.2, 0.25) is 5.95 Å². The Balaban J connectivity index is 2.10. The topological polar surface area (TPSA) is 69.2 Å². The minimum atomic E-state index is 0.236. The first-order chi connectivity index (χ1) is 9.72. The maximum absolute atomic E-state index is 5.57. The Morgan fingerprint density at radius 1 is 1.35 bits per heavy atom. The van der Waals surface area contributed by atoms with Gasteiger partial charge in [-0.3, -0.25) is 0 Å². The Hall–Kier alpha value is -1.08. The van der Waals surface area contributed by atoms with E-state index in [0.717, 1.165) is 26.0 Å². The molecule has 0 radical (unpaired) electrons. The lowest BCUT2D eigenvalue weighted by Gasteiger charge is -2.13. The molecule has 2 unspecified atom stereocenters. The quantitative estimate of drug-likeness (QED) is 0.828. The number of hydrogen-bond donors (Lipinski definition) is 1. The number of nitrogens with zero attached hydrogens (tertiary/aromatic N) is 3. The molecular formula is C13H22N4O2S. The van der Waals surface area contributed by atoms with Crippen LogP contribution in [0.5, 0.6) is 6.01 Å². The lowest BCUT2D eigenvalue weighted by molar-refractivity contribution is 0.127. The first-order valence-corrected chi connectivity index (χ1v) is 8.01. The summed E-state index contributed by atoms with van der Waals surface area (Å²) in [6, 6.07) is 0.384. The Morgan fingerprint density at radius 3 is 2.85 bits per heavy atom. The largest absolute Gasteiger partial charge is 0.464 e. The predicted molar refractivity (Wildman–Crippen MR) is 79.5 cm³/mol. The Bertz CT molecular complexity index is 433. The second-order valence-corrected chi connectivity index (χ2v) is 5.81. The van der Waals surface area contributed by atoms with Crippen LogP contribution >= 0.6 is 11.8 Å². The number of aromatic nitrogens is 3. The Labute approximate surface area is 124 Å². The average molecular weight is 298 g/mol. The van der Waals surface area contributed by atoms with Crippen molar-refractivity contribution in [2.24, 2.45) is 0 Å². The van der Waals surface area contributed by atoms with Crippen LogP contribution in [0, 0.1) is 0 Å². The third kappa shape index (κ3) is 4.21. The van der Waals surface area contributed by atoms with Crippen molar-refractivity contribution < 1.29 is 9.47 Å². The van der Waals surface area contributed by atoms with Gasteiger partial charge in [0.15, 0.2) is 5.16 Å². The molecule has 0 aliphatic carbocycles. The molecule has 1 N–H and O–H groups in total. The van der Waals surface area contributed by atoms with Crippen LogP contribution in [0.15, 0.2) is 5.16 Å². The molecule has 1 aromatic rings. The molecule has 0 aromatic carbocycles. The minimum absolute atomic E-state index is 0.236. The van der Waals surface area contributed by atoms with Gasteiger partial charge in [-0.05, 0) is 26.7 Å². The molecule has 6 nitrogen and oxygen atoms in total. The van der Waals surface area contributed by atoms with Gasteiger partial charge < -0.3 is 14.8 Å². The standard InChI is InChI=1S/C13H22N4O2S/c1-4-7-14-11-15-12(18-5-2)17-13(16-11)20-10-6-8-19-9(10)3/h9-10H,4-8H2,1-3H3,(H,14,15,16,17). The molecule has 1 saturated heterocycles. The van der Waals surface area contributed by atoms with Crippen LogP contribution < -0.4 is 10.1 Å². The van der Waals surface area contributed by atoms with Crippen molar-refractivity contribution in [3.8, 4) is 6.01 Å². The highest BCUT2D eigenvalue weighted by atomic mass is 32.2. The summed E-state index contributed by atoms with van der Waals surface area (Å²) in [5.74, 6) is 0.583. The second kappa shape index (κ2) is 7.64. The second-order valence-electron chi connectivity index (χ2n) is 4.60. The zero-order valence-electron chi connectivity index (χ0n) is 12.3. The summed E-state index contributed by atoms with van der Waals surface area (Å²) < 4.78 is 11.0. The van der Waals surface area contributed by atoms with Crippen molar-refractivity contribution in [1.29, 1.82) is 0 Å². The maximum atomic E-state index is 5.57. The Kier molecular flexibility index (Phi) is 5.85. The van der Waals surface area contributed by atoms with Gasteiger partial charge in [0.1, 0.15) is 0 Å². The van der Waals surface area contributed by atoms with E-state index in [4.69, 9.17) is 9.47 Å². The third-order valence-corrected chi connectivity index (χ3v) is 4.28. The lowest BCUT2D eigenvalue weighted by atomic mass is 10.3. The van der Waals surface area contributed by atoms with Crippen LogP contribution in [0.2, 0.25) is 0 Å². The number of thioether (sulfide) groups is 1. The summed E-state index contributed by atoms with van der Waals surface area (Å²) in [6.07, 6.45) is 2.28. The molecule has 0 amide bonds. The van der Waals surface area contributed by atoms with Crippen molar-refractivity contribution >= 4 is 17.7 Å². The summed E-state index contributed by atoms with van der Waals surface area (Å²) in [5.41, 5.74) is 0. The maximum Gasteiger partial charge on any atom is 0.322 e. The fourth-order valence-electron chi connectivity index (χ4n) is 1.90. The summed E-state index contributed by atoms with van der Waals surface area (Å²) >= 11 is 1.64. The zero-order chi connectivity index (χ0) is 14.4. The summed E-state index contributed by atoms with van der Waals surface area (Å²) in [5, 5.41) is 4.28.